The summed E-state index contributed by atoms with van der Waals surface area (Å²) in [5.41, 5.74) is 0.997. The highest BCUT2D eigenvalue weighted by molar-refractivity contribution is 7.89. The van der Waals surface area contributed by atoms with Crippen molar-refractivity contribution in [3.63, 3.8) is 0 Å². The van der Waals surface area contributed by atoms with Crippen LogP contribution in [0.25, 0.3) is 10.7 Å². The van der Waals surface area contributed by atoms with Crippen molar-refractivity contribution in [3.8, 4) is 10.7 Å². The van der Waals surface area contributed by atoms with Gasteiger partial charge in [-0.2, -0.15) is 9.29 Å². The lowest BCUT2D eigenvalue weighted by Gasteiger charge is -2.35. The summed E-state index contributed by atoms with van der Waals surface area (Å²) in [4.78, 5) is 20.7. The Hall–Kier alpha value is -2.56. The molecule has 0 N–H and O–H groups in total. The number of aromatic nitrogens is 2. The number of thiophene rings is 1. The van der Waals surface area contributed by atoms with E-state index in [0.717, 1.165) is 10.4 Å². The van der Waals surface area contributed by atoms with Gasteiger partial charge in [0.05, 0.1) is 15.7 Å². The first kappa shape index (κ1) is 23.6. The number of carbonyl (C=O) groups excluding carboxylic acids is 1. The number of benzene rings is 1. The van der Waals surface area contributed by atoms with Gasteiger partial charge in [0.1, 0.15) is 6.54 Å². The lowest BCUT2D eigenvalue weighted by Crippen LogP contribution is -2.48. The van der Waals surface area contributed by atoms with Crippen molar-refractivity contribution in [2.75, 3.05) is 13.1 Å². The van der Waals surface area contributed by atoms with Crippen LogP contribution in [-0.2, 0) is 21.4 Å². The van der Waals surface area contributed by atoms with Gasteiger partial charge in [0.25, 0.3) is 0 Å². The first-order chi connectivity index (χ1) is 15.8. The summed E-state index contributed by atoms with van der Waals surface area (Å²) < 4.78 is 33.1. The van der Waals surface area contributed by atoms with Crippen molar-refractivity contribution < 1.29 is 17.7 Å². The predicted molar refractivity (Wildman–Crippen MR) is 126 cm³/mol. The fraction of sp³-hybridized carbons (Fsp3) is 0.435. The van der Waals surface area contributed by atoms with Gasteiger partial charge in [0.2, 0.25) is 27.6 Å². The molecule has 176 valence electrons. The third-order valence-corrected chi connectivity index (χ3v) is 8.56. The Kier molecular flexibility index (Phi) is 6.96. The van der Waals surface area contributed by atoms with E-state index in [1.807, 2.05) is 38.3 Å². The summed E-state index contributed by atoms with van der Waals surface area (Å²) >= 11 is 1.52. The summed E-state index contributed by atoms with van der Waals surface area (Å²) in [7, 11) is -3.65. The number of amides is 1. The first-order valence-corrected chi connectivity index (χ1v) is 13.3. The SMILES string of the molecule is Cc1ccc(S(=O)(=O)N2CCC[C@H](C(=O)N(Cc3nc(-c4cccs4)no3)C(C)C)C2)cc1. The Bertz CT molecular complexity index is 1190. The molecule has 1 atom stereocenters. The molecular weight excluding hydrogens is 460 g/mol. The number of nitrogens with zero attached hydrogens (tertiary/aromatic N) is 4. The molecule has 2 aromatic heterocycles. The van der Waals surface area contributed by atoms with Crippen molar-refractivity contribution in [1.82, 2.24) is 19.3 Å². The molecule has 1 aliphatic rings. The van der Waals surface area contributed by atoms with Gasteiger partial charge in [-0.1, -0.05) is 28.9 Å². The molecule has 0 saturated carbocycles. The highest BCUT2D eigenvalue weighted by Crippen LogP contribution is 2.27. The van der Waals surface area contributed by atoms with E-state index in [0.29, 0.717) is 31.1 Å². The zero-order valence-electron chi connectivity index (χ0n) is 19.0. The fourth-order valence-corrected chi connectivity index (χ4v) is 6.11. The molecule has 0 spiro atoms. The molecule has 0 unspecified atom stereocenters. The Morgan fingerprint density at radius 2 is 2.03 bits per heavy atom. The Morgan fingerprint density at radius 3 is 2.70 bits per heavy atom. The fourth-order valence-electron chi connectivity index (χ4n) is 3.94. The maximum atomic E-state index is 13.4. The van der Waals surface area contributed by atoms with Crippen molar-refractivity contribution >= 4 is 27.3 Å². The van der Waals surface area contributed by atoms with E-state index in [-0.39, 0.29) is 29.9 Å². The molecule has 1 saturated heterocycles. The number of sulfonamides is 1. The molecule has 3 aromatic rings. The average molecular weight is 489 g/mol. The summed E-state index contributed by atoms with van der Waals surface area (Å²) in [6.45, 7) is 6.55. The third kappa shape index (κ3) is 5.18. The zero-order chi connectivity index (χ0) is 23.6. The molecule has 1 aromatic carbocycles. The molecule has 1 fully saturated rings. The number of piperidine rings is 1. The van der Waals surface area contributed by atoms with Crippen LogP contribution in [0, 0.1) is 12.8 Å². The van der Waals surface area contributed by atoms with E-state index in [9.17, 15) is 13.2 Å². The number of hydrogen-bond acceptors (Lipinski definition) is 7. The topological polar surface area (TPSA) is 96.6 Å². The van der Waals surface area contributed by atoms with E-state index in [2.05, 4.69) is 10.1 Å². The van der Waals surface area contributed by atoms with Crippen molar-refractivity contribution in [2.45, 2.75) is 51.1 Å². The van der Waals surface area contributed by atoms with E-state index in [1.54, 1.807) is 29.2 Å². The smallest absolute Gasteiger partial charge is 0.246 e. The van der Waals surface area contributed by atoms with E-state index >= 15 is 0 Å². The normalized spacial score (nSPS) is 17.4. The van der Waals surface area contributed by atoms with Crippen LogP contribution in [0.5, 0.6) is 0 Å². The minimum atomic E-state index is -3.65. The maximum Gasteiger partial charge on any atom is 0.246 e. The maximum absolute atomic E-state index is 13.4. The monoisotopic (exact) mass is 488 g/mol. The number of carbonyl (C=O) groups is 1. The average Bonchev–Trinajstić information content (AvgIpc) is 3.49. The van der Waals surface area contributed by atoms with Crippen LogP contribution in [-0.4, -0.2) is 52.8 Å². The minimum absolute atomic E-state index is 0.0929. The lowest BCUT2D eigenvalue weighted by atomic mass is 9.97. The van der Waals surface area contributed by atoms with Gasteiger partial charge >= 0.3 is 0 Å². The number of rotatable bonds is 7. The van der Waals surface area contributed by atoms with Gasteiger partial charge in [-0.15, -0.1) is 11.3 Å². The van der Waals surface area contributed by atoms with Gasteiger partial charge in [-0.05, 0) is 57.2 Å². The van der Waals surface area contributed by atoms with Crippen LogP contribution in [0.15, 0.2) is 51.2 Å². The van der Waals surface area contributed by atoms with E-state index < -0.39 is 15.9 Å². The third-order valence-electron chi connectivity index (χ3n) is 5.81. The Morgan fingerprint density at radius 1 is 1.27 bits per heavy atom. The summed E-state index contributed by atoms with van der Waals surface area (Å²) in [5.74, 6) is 0.357. The number of aryl methyl sites for hydroxylation is 1. The van der Waals surface area contributed by atoms with E-state index in [4.69, 9.17) is 4.52 Å². The summed E-state index contributed by atoms with van der Waals surface area (Å²) in [6, 6.07) is 10.5. The van der Waals surface area contributed by atoms with Gasteiger partial charge in [-0.3, -0.25) is 4.79 Å². The highest BCUT2D eigenvalue weighted by Gasteiger charge is 2.36. The zero-order valence-corrected chi connectivity index (χ0v) is 20.6. The van der Waals surface area contributed by atoms with Crippen molar-refractivity contribution in [1.29, 1.82) is 0 Å². The van der Waals surface area contributed by atoms with Gasteiger partial charge in [-0.25, -0.2) is 8.42 Å². The highest BCUT2D eigenvalue weighted by atomic mass is 32.2. The Labute approximate surface area is 198 Å². The molecule has 1 amide bonds. The Balaban J connectivity index is 1.48. The molecular formula is C23H28N4O4S2. The molecule has 3 heterocycles. The molecule has 1 aliphatic heterocycles. The van der Waals surface area contributed by atoms with Gasteiger partial charge < -0.3 is 9.42 Å². The lowest BCUT2D eigenvalue weighted by molar-refractivity contribution is -0.139. The molecule has 33 heavy (non-hydrogen) atoms. The van der Waals surface area contributed by atoms with Gasteiger partial charge in [0.15, 0.2) is 0 Å². The molecule has 10 heteroatoms. The van der Waals surface area contributed by atoms with Crippen LogP contribution >= 0.6 is 11.3 Å². The van der Waals surface area contributed by atoms with Crippen LogP contribution in [0.2, 0.25) is 0 Å². The predicted octanol–water partition coefficient (Wildman–Crippen LogP) is 3.94. The van der Waals surface area contributed by atoms with Crippen LogP contribution in [0.4, 0.5) is 0 Å². The van der Waals surface area contributed by atoms with Gasteiger partial charge in [0, 0.05) is 19.1 Å². The summed E-state index contributed by atoms with van der Waals surface area (Å²) in [6.07, 6.45) is 1.28. The van der Waals surface area contributed by atoms with Crippen LogP contribution in [0.3, 0.4) is 0 Å². The number of hydrogen-bond donors (Lipinski definition) is 0. The van der Waals surface area contributed by atoms with Crippen molar-refractivity contribution in [2.24, 2.45) is 5.92 Å². The summed E-state index contributed by atoms with van der Waals surface area (Å²) in [5, 5.41) is 5.97. The van der Waals surface area contributed by atoms with Crippen LogP contribution < -0.4 is 0 Å². The molecule has 0 aliphatic carbocycles. The first-order valence-electron chi connectivity index (χ1n) is 11.0. The second-order valence-corrected chi connectivity index (χ2v) is 11.4. The quantitative estimate of drug-likeness (QED) is 0.500. The second kappa shape index (κ2) is 9.74. The molecule has 4 rings (SSSR count). The minimum Gasteiger partial charge on any atom is -0.337 e. The standard InChI is InChI=1S/C23H28N4O4S2/c1-16(2)27(15-21-24-22(25-31-21)20-7-5-13-32-20)23(28)18-6-4-12-26(14-18)33(29,30)19-10-8-17(3)9-11-19/h5,7-11,13,16,18H,4,6,12,14-15H2,1-3H3/t18-/m0/s1. The second-order valence-electron chi connectivity index (χ2n) is 8.56. The molecule has 0 bridgehead atoms. The van der Waals surface area contributed by atoms with Crippen LogP contribution in [0.1, 0.15) is 38.1 Å². The molecule has 8 nitrogen and oxygen atoms in total. The van der Waals surface area contributed by atoms with E-state index in [1.165, 1.54) is 15.6 Å². The largest absolute Gasteiger partial charge is 0.337 e. The van der Waals surface area contributed by atoms with Crippen molar-refractivity contribution in [3.05, 3.63) is 53.2 Å². The molecule has 0 radical (unpaired) electrons.